The Bertz CT molecular complexity index is 1750. The number of urea groups is 1. The lowest BCUT2D eigenvalue weighted by Crippen LogP contribution is -2.49. The van der Waals surface area contributed by atoms with E-state index < -0.39 is 34.1 Å². The molecule has 0 aromatic heterocycles. The van der Waals surface area contributed by atoms with Gasteiger partial charge < -0.3 is 19.7 Å². The minimum atomic E-state index is -3.56. The molecule has 0 radical (unpaired) electrons. The van der Waals surface area contributed by atoms with E-state index in [0.29, 0.717) is 37.2 Å². The monoisotopic (exact) mass is 698 g/mol. The SMILES string of the molecule is CO[C@H]1/C=C/C[C@H](C)CS(=O)(NC(=O)N[C@H]2C[C@H]2F)=NC(=O)c2ccc3c(c2)N(C[C@@H]2CC[C@H]21)C[C@@]1(CCCc2cc(Cl)ccc21)CO3. The number of anilines is 1. The lowest BCUT2D eigenvalue weighted by molar-refractivity contribution is 0.0131. The first-order valence-corrected chi connectivity index (χ1v) is 19.1. The van der Waals surface area contributed by atoms with E-state index in [4.69, 9.17) is 21.1 Å². The molecular weight excluding hydrogens is 655 g/mol. The van der Waals surface area contributed by atoms with Gasteiger partial charge in [-0.2, -0.15) is 0 Å². The Morgan fingerprint density at radius 2 is 2.06 bits per heavy atom. The van der Waals surface area contributed by atoms with Crippen LogP contribution in [-0.2, 0) is 26.5 Å². The van der Waals surface area contributed by atoms with Crippen molar-refractivity contribution in [1.29, 1.82) is 0 Å². The molecule has 2 aliphatic heterocycles. The summed E-state index contributed by atoms with van der Waals surface area (Å²) in [6, 6.07) is 10.0. The molecule has 1 spiro atoms. The van der Waals surface area contributed by atoms with Gasteiger partial charge in [-0.15, -0.1) is 4.36 Å². The maximum absolute atomic E-state index is 14.2. The van der Waals surface area contributed by atoms with Crippen molar-refractivity contribution in [2.75, 3.05) is 37.5 Å². The fourth-order valence-corrected chi connectivity index (χ4v) is 10.1. The third-order valence-electron chi connectivity index (χ3n) is 10.8. The first kappa shape index (κ1) is 33.4. The third-order valence-corrected chi connectivity index (χ3v) is 13.0. The maximum Gasteiger partial charge on any atom is 0.327 e. The third kappa shape index (κ3) is 6.83. The van der Waals surface area contributed by atoms with Crippen molar-refractivity contribution in [3.8, 4) is 5.75 Å². The quantitative estimate of drug-likeness (QED) is 0.360. The van der Waals surface area contributed by atoms with Crippen LogP contribution in [-0.4, -0.2) is 67.0 Å². The summed E-state index contributed by atoms with van der Waals surface area (Å²) in [7, 11) is -1.81. The Kier molecular flexibility index (Phi) is 9.23. The highest BCUT2D eigenvalue weighted by Crippen LogP contribution is 2.47. The van der Waals surface area contributed by atoms with Crippen molar-refractivity contribution in [3.63, 3.8) is 0 Å². The zero-order valence-electron chi connectivity index (χ0n) is 27.5. The number of amides is 3. The van der Waals surface area contributed by atoms with E-state index in [1.165, 1.54) is 11.1 Å². The summed E-state index contributed by atoms with van der Waals surface area (Å²) >= 11 is 6.43. The van der Waals surface area contributed by atoms with E-state index in [-0.39, 0.29) is 35.2 Å². The van der Waals surface area contributed by atoms with Crippen LogP contribution in [0.3, 0.4) is 0 Å². The zero-order valence-corrected chi connectivity index (χ0v) is 29.0. The number of carbonyl (C=O) groups excluding carboxylic acids is 2. The van der Waals surface area contributed by atoms with Crippen molar-refractivity contribution in [2.24, 2.45) is 22.1 Å². The normalized spacial score (nSPS) is 35.1. The molecule has 2 heterocycles. The fraction of sp³-hybridized carbons (Fsp3) is 0.556. The largest absolute Gasteiger partial charge is 0.490 e. The van der Waals surface area contributed by atoms with Crippen molar-refractivity contribution in [2.45, 2.75) is 75.6 Å². The van der Waals surface area contributed by atoms with Gasteiger partial charge in [0.15, 0.2) is 0 Å². The van der Waals surface area contributed by atoms with E-state index in [9.17, 15) is 18.2 Å². The van der Waals surface area contributed by atoms with Crippen molar-refractivity contribution in [1.82, 2.24) is 10.0 Å². The molecule has 2 saturated carbocycles. The van der Waals surface area contributed by atoms with Crippen LogP contribution in [0.15, 0.2) is 52.9 Å². The highest BCUT2D eigenvalue weighted by atomic mass is 35.5. The molecule has 48 heavy (non-hydrogen) atoms. The average Bonchev–Trinajstić information content (AvgIpc) is 3.75. The van der Waals surface area contributed by atoms with Crippen LogP contribution in [0.25, 0.3) is 0 Å². The second kappa shape index (κ2) is 13.3. The molecule has 2 fully saturated rings. The number of carbonyl (C=O) groups is 2. The molecule has 2 bridgehead atoms. The summed E-state index contributed by atoms with van der Waals surface area (Å²) in [6.45, 7) is 3.86. The van der Waals surface area contributed by atoms with Gasteiger partial charge in [-0.25, -0.2) is 13.4 Å². The molecule has 2 aromatic carbocycles. The number of nitrogens with zero attached hydrogens (tertiary/aromatic N) is 2. The number of alkyl halides is 1. The van der Waals surface area contributed by atoms with Crippen LogP contribution in [0.1, 0.15) is 66.9 Å². The second-order valence-corrected chi connectivity index (χ2v) is 16.8. The number of hydrogen-bond acceptors (Lipinski definition) is 6. The van der Waals surface area contributed by atoms with Gasteiger partial charge in [0.2, 0.25) is 0 Å². The van der Waals surface area contributed by atoms with Crippen LogP contribution in [0, 0.1) is 17.8 Å². The lowest BCUT2D eigenvalue weighted by atomic mass is 9.68. The second-order valence-electron chi connectivity index (χ2n) is 14.4. The summed E-state index contributed by atoms with van der Waals surface area (Å²) < 4.78 is 46.9. The molecule has 8 atom stereocenters. The summed E-state index contributed by atoms with van der Waals surface area (Å²) in [5.41, 5.74) is 3.30. The maximum atomic E-state index is 14.2. The number of halogens is 2. The summed E-state index contributed by atoms with van der Waals surface area (Å²) in [6.07, 6.45) is 8.79. The number of ether oxygens (including phenoxy) is 2. The Balaban J connectivity index is 1.28. The molecule has 2 aromatic rings. The summed E-state index contributed by atoms with van der Waals surface area (Å²) in [5, 5.41) is 3.23. The van der Waals surface area contributed by atoms with Gasteiger partial charge in [-0.1, -0.05) is 36.7 Å². The van der Waals surface area contributed by atoms with E-state index in [2.05, 4.69) is 37.5 Å². The standard InChI is InChI=1S/C36H44ClFN4O5S/c1-22-5-3-7-32(46-2)27-11-8-25(27)18-42-20-36(14-4-6-23-15-26(37)10-12-28(23)36)21-47-33-13-9-24(16-31(33)42)34(43)40-48(45,19-22)41-35(44)39-30-17-29(30)38/h3,7,9-10,12-13,15-16,22,25,27,29-30,32H,4-6,8,11,14,17-21H2,1-2H3,(H2,39,40,41,43,44,45)/b7-3+/t22-,25-,27+,29+,30-,32-,36-,48?/m0/s1. The van der Waals surface area contributed by atoms with Gasteiger partial charge >= 0.3 is 6.03 Å². The van der Waals surface area contributed by atoms with Crippen LogP contribution in [0.5, 0.6) is 5.75 Å². The number of aryl methyl sites for hydroxylation is 1. The molecule has 12 heteroatoms. The molecule has 3 amide bonds. The zero-order chi connectivity index (χ0) is 33.6. The van der Waals surface area contributed by atoms with E-state index in [1.807, 2.05) is 19.1 Å². The van der Waals surface area contributed by atoms with E-state index in [0.717, 1.165) is 49.4 Å². The van der Waals surface area contributed by atoms with Crippen molar-refractivity contribution in [3.05, 3.63) is 70.3 Å². The van der Waals surface area contributed by atoms with E-state index >= 15 is 0 Å². The molecular formula is C36H44ClFN4O5S. The molecule has 5 aliphatic rings. The molecule has 1 unspecified atom stereocenters. The Hall–Kier alpha value is -3.15. The van der Waals surface area contributed by atoms with Crippen LogP contribution in [0.2, 0.25) is 5.02 Å². The van der Waals surface area contributed by atoms with Gasteiger partial charge in [0.25, 0.3) is 5.91 Å². The number of hydrogen-bond donors (Lipinski definition) is 2. The topological polar surface area (TPSA) is 109 Å². The number of methoxy groups -OCH3 is 1. The molecule has 7 rings (SSSR count). The van der Waals surface area contributed by atoms with Crippen molar-refractivity contribution < 1.29 is 27.7 Å². The molecule has 3 aliphatic carbocycles. The highest BCUT2D eigenvalue weighted by molar-refractivity contribution is 7.92. The first-order chi connectivity index (χ1) is 23.0. The predicted molar refractivity (Wildman–Crippen MR) is 185 cm³/mol. The Morgan fingerprint density at radius 1 is 1.23 bits per heavy atom. The Morgan fingerprint density at radius 3 is 2.81 bits per heavy atom. The van der Waals surface area contributed by atoms with E-state index in [1.54, 1.807) is 25.3 Å². The predicted octanol–water partition coefficient (Wildman–Crippen LogP) is 6.38. The molecule has 9 nitrogen and oxygen atoms in total. The first-order valence-electron chi connectivity index (χ1n) is 17.1. The number of rotatable bonds is 3. The van der Waals surface area contributed by atoms with Gasteiger partial charge in [-0.05, 0) is 97.7 Å². The molecule has 258 valence electrons. The summed E-state index contributed by atoms with van der Waals surface area (Å²) in [4.78, 5) is 28.9. The number of nitrogens with one attached hydrogen (secondary N) is 2. The van der Waals surface area contributed by atoms with Crippen LogP contribution < -0.4 is 19.7 Å². The van der Waals surface area contributed by atoms with Crippen LogP contribution >= 0.6 is 11.6 Å². The number of allylic oxidation sites excluding steroid dienone is 1. The molecule has 2 N–H and O–H groups in total. The fourth-order valence-electron chi connectivity index (χ4n) is 8.02. The smallest absolute Gasteiger partial charge is 0.327 e. The van der Waals surface area contributed by atoms with Crippen molar-refractivity contribution >= 4 is 39.1 Å². The summed E-state index contributed by atoms with van der Waals surface area (Å²) in [5.74, 6) is 0.472. The van der Waals surface area contributed by atoms with Gasteiger partial charge in [-0.3, -0.25) is 9.52 Å². The number of benzene rings is 2. The average molecular weight is 699 g/mol. The highest BCUT2D eigenvalue weighted by Gasteiger charge is 2.44. The minimum Gasteiger partial charge on any atom is -0.490 e. The van der Waals surface area contributed by atoms with Gasteiger partial charge in [0, 0.05) is 42.6 Å². The minimum absolute atomic E-state index is 0.0456. The number of fused-ring (bicyclic) bond motifs is 4. The van der Waals surface area contributed by atoms with Gasteiger partial charge in [0.1, 0.15) is 21.8 Å². The Labute approximate surface area is 287 Å². The lowest BCUT2D eigenvalue weighted by Gasteiger charge is -2.46. The van der Waals surface area contributed by atoms with Crippen LogP contribution in [0.4, 0.5) is 14.9 Å². The molecule has 0 saturated heterocycles. The van der Waals surface area contributed by atoms with Gasteiger partial charge in [0.05, 0.1) is 30.2 Å².